The summed E-state index contributed by atoms with van der Waals surface area (Å²) in [6.45, 7) is 0. The molecule has 1 unspecified atom stereocenters. The molecule has 0 saturated carbocycles. The van der Waals surface area contributed by atoms with E-state index in [0.717, 1.165) is 5.56 Å². The average Bonchev–Trinajstić information content (AvgIpc) is 2.50. The van der Waals surface area contributed by atoms with Crippen LogP contribution in [-0.4, -0.2) is 20.4 Å². The third kappa shape index (κ3) is 2.59. The highest BCUT2D eigenvalue weighted by molar-refractivity contribution is 7.88. The summed E-state index contributed by atoms with van der Waals surface area (Å²) >= 11 is 0. The molecule has 0 aliphatic carbocycles. The van der Waals surface area contributed by atoms with E-state index in [1.54, 1.807) is 0 Å². The summed E-state index contributed by atoms with van der Waals surface area (Å²) in [4.78, 5) is 11.3. The van der Waals surface area contributed by atoms with Crippen LogP contribution in [0.3, 0.4) is 0 Å². The van der Waals surface area contributed by atoms with Gasteiger partial charge in [0.2, 0.25) is 0 Å². The van der Waals surface area contributed by atoms with Crippen molar-refractivity contribution < 1.29 is 13.2 Å². The third-order valence-electron chi connectivity index (χ3n) is 2.41. The Morgan fingerprint density at radius 3 is 2.44 bits per heavy atom. The van der Waals surface area contributed by atoms with Gasteiger partial charge in [0.05, 0.1) is 0 Å². The van der Waals surface area contributed by atoms with E-state index in [0.29, 0.717) is 12.8 Å². The smallest absolute Gasteiger partial charge is 0.272 e. The number of carbonyl (C=O) groups excluding carboxylic acids is 1. The van der Waals surface area contributed by atoms with Crippen molar-refractivity contribution in [2.24, 2.45) is 0 Å². The van der Waals surface area contributed by atoms with E-state index in [9.17, 15) is 13.2 Å². The predicted octanol–water partition coefficient (Wildman–Crippen LogP) is -0.0480. The molecule has 1 amide bonds. The van der Waals surface area contributed by atoms with Crippen LogP contribution in [0.4, 0.5) is 0 Å². The number of amides is 1. The van der Waals surface area contributed by atoms with Crippen molar-refractivity contribution in [1.82, 2.24) is 9.44 Å². The van der Waals surface area contributed by atoms with Crippen LogP contribution in [0.5, 0.6) is 0 Å². The lowest BCUT2D eigenvalue weighted by Gasteiger charge is -2.05. The number of aryl methyl sites for hydroxylation is 1. The van der Waals surface area contributed by atoms with Gasteiger partial charge in [-0.25, -0.2) is 4.72 Å². The Labute approximate surface area is 94.0 Å². The largest absolute Gasteiger partial charge is 0.302 e. The number of carbonyl (C=O) groups is 1. The third-order valence-corrected chi connectivity index (χ3v) is 3.48. The molecule has 0 aromatic heterocycles. The number of benzene rings is 1. The highest BCUT2D eigenvalue weighted by Crippen LogP contribution is 2.08. The number of hydrogen-bond donors (Lipinski definition) is 2. The molecule has 86 valence electrons. The maximum atomic E-state index is 11.3. The van der Waals surface area contributed by atoms with Crippen molar-refractivity contribution in [1.29, 1.82) is 0 Å². The first-order chi connectivity index (χ1) is 7.57. The lowest BCUT2D eigenvalue weighted by molar-refractivity contribution is -0.120. The van der Waals surface area contributed by atoms with Crippen molar-refractivity contribution in [2.75, 3.05) is 0 Å². The van der Waals surface area contributed by atoms with Gasteiger partial charge in [-0.05, 0) is 18.4 Å². The summed E-state index contributed by atoms with van der Waals surface area (Å²) in [5.74, 6) is -0.476. The molecule has 0 radical (unpaired) electrons. The second-order valence-corrected chi connectivity index (χ2v) is 5.11. The zero-order chi connectivity index (χ0) is 11.6. The number of rotatable bonds is 3. The highest BCUT2D eigenvalue weighted by atomic mass is 32.2. The van der Waals surface area contributed by atoms with E-state index in [2.05, 4.69) is 4.72 Å². The fourth-order valence-corrected chi connectivity index (χ4v) is 2.69. The molecule has 1 aliphatic heterocycles. The topological polar surface area (TPSA) is 75.3 Å². The molecule has 1 aliphatic rings. The van der Waals surface area contributed by atoms with Gasteiger partial charge in [0, 0.05) is 0 Å². The van der Waals surface area contributed by atoms with E-state index >= 15 is 0 Å². The fourth-order valence-electron chi connectivity index (χ4n) is 1.62. The van der Waals surface area contributed by atoms with Gasteiger partial charge in [0.15, 0.2) is 0 Å². The number of hydrogen-bond acceptors (Lipinski definition) is 3. The Bertz CT molecular complexity index is 484. The van der Waals surface area contributed by atoms with Gasteiger partial charge in [0.1, 0.15) is 6.04 Å². The van der Waals surface area contributed by atoms with Gasteiger partial charge in [-0.3, -0.25) is 4.79 Å². The van der Waals surface area contributed by atoms with E-state index in [4.69, 9.17) is 0 Å². The van der Waals surface area contributed by atoms with E-state index < -0.39 is 22.2 Å². The molecule has 1 aromatic carbocycles. The Morgan fingerprint density at radius 1 is 1.19 bits per heavy atom. The fraction of sp³-hybridized carbons (Fsp3) is 0.300. The van der Waals surface area contributed by atoms with Crippen molar-refractivity contribution in [2.45, 2.75) is 18.9 Å². The molecule has 1 fully saturated rings. The molecule has 0 bridgehead atoms. The quantitative estimate of drug-likeness (QED) is 0.778. The molecule has 6 heteroatoms. The maximum Gasteiger partial charge on any atom is 0.302 e. The first kappa shape index (κ1) is 11.1. The predicted molar refractivity (Wildman–Crippen MR) is 58.7 cm³/mol. The van der Waals surface area contributed by atoms with Gasteiger partial charge in [0.25, 0.3) is 5.91 Å². The first-order valence-corrected chi connectivity index (χ1v) is 6.43. The highest BCUT2D eigenvalue weighted by Gasteiger charge is 2.33. The van der Waals surface area contributed by atoms with Gasteiger partial charge >= 0.3 is 10.2 Å². The summed E-state index contributed by atoms with van der Waals surface area (Å²) < 4.78 is 26.2. The molecule has 1 atom stereocenters. The molecule has 1 saturated heterocycles. The van der Waals surface area contributed by atoms with Crippen LogP contribution in [0.1, 0.15) is 12.0 Å². The van der Waals surface area contributed by atoms with Crippen LogP contribution in [0.2, 0.25) is 0 Å². The van der Waals surface area contributed by atoms with Gasteiger partial charge < -0.3 is 0 Å². The summed E-state index contributed by atoms with van der Waals surface area (Å²) in [6, 6.07) is 8.98. The Balaban J connectivity index is 1.95. The zero-order valence-electron chi connectivity index (χ0n) is 8.51. The minimum atomic E-state index is -3.60. The summed E-state index contributed by atoms with van der Waals surface area (Å²) in [6.07, 6.45) is 1.14. The summed E-state index contributed by atoms with van der Waals surface area (Å²) in [7, 11) is -3.60. The zero-order valence-corrected chi connectivity index (χ0v) is 9.33. The normalized spacial score (nSPS) is 23.0. The van der Waals surface area contributed by atoms with Gasteiger partial charge in [-0.1, -0.05) is 30.3 Å². The molecule has 2 N–H and O–H groups in total. The van der Waals surface area contributed by atoms with E-state index in [1.165, 1.54) is 0 Å². The first-order valence-electron chi connectivity index (χ1n) is 4.95. The molecule has 2 rings (SSSR count). The van der Waals surface area contributed by atoms with Crippen LogP contribution >= 0.6 is 0 Å². The molecule has 5 nitrogen and oxygen atoms in total. The van der Waals surface area contributed by atoms with Crippen LogP contribution in [-0.2, 0) is 21.4 Å². The Morgan fingerprint density at radius 2 is 1.88 bits per heavy atom. The SMILES string of the molecule is O=C1NS(=O)(=O)NC1CCc1ccccc1. The van der Waals surface area contributed by atoms with Crippen LogP contribution < -0.4 is 9.44 Å². The lowest BCUT2D eigenvalue weighted by Crippen LogP contribution is -2.29. The molecule has 0 spiro atoms. The van der Waals surface area contributed by atoms with Crippen molar-refractivity contribution in [3.05, 3.63) is 35.9 Å². The van der Waals surface area contributed by atoms with Crippen molar-refractivity contribution in [3.8, 4) is 0 Å². The van der Waals surface area contributed by atoms with Gasteiger partial charge in [-0.15, -0.1) is 0 Å². The van der Waals surface area contributed by atoms with Gasteiger partial charge in [-0.2, -0.15) is 13.1 Å². The second-order valence-electron chi connectivity index (χ2n) is 3.66. The minimum Gasteiger partial charge on any atom is -0.272 e. The monoisotopic (exact) mass is 240 g/mol. The average molecular weight is 240 g/mol. The Hall–Kier alpha value is -1.40. The minimum absolute atomic E-state index is 0.467. The Kier molecular flexibility index (Phi) is 2.93. The van der Waals surface area contributed by atoms with Crippen LogP contribution in [0, 0.1) is 0 Å². The van der Waals surface area contributed by atoms with Crippen LogP contribution in [0.25, 0.3) is 0 Å². The van der Waals surface area contributed by atoms with E-state index in [-0.39, 0.29) is 0 Å². The maximum absolute atomic E-state index is 11.3. The molecular formula is C10H12N2O3S. The van der Waals surface area contributed by atoms with Crippen molar-refractivity contribution >= 4 is 16.1 Å². The van der Waals surface area contributed by atoms with E-state index in [1.807, 2.05) is 35.1 Å². The second kappa shape index (κ2) is 4.23. The molecule has 1 heterocycles. The lowest BCUT2D eigenvalue weighted by atomic mass is 10.1. The molecular weight excluding hydrogens is 228 g/mol. The standard InChI is InChI=1S/C10H12N2O3S/c13-10-9(11-16(14,15)12-10)7-6-8-4-2-1-3-5-8/h1-5,9,11H,6-7H2,(H,12,13). The summed E-state index contributed by atoms with van der Waals surface area (Å²) in [5, 5.41) is 0. The molecule has 1 aromatic rings. The van der Waals surface area contributed by atoms with Crippen LogP contribution in [0.15, 0.2) is 30.3 Å². The molecule has 16 heavy (non-hydrogen) atoms. The summed E-state index contributed by atoms with van der Waals surface area (Å²) in [5.41, 5.74) is 1.08. The number of nitrogens with one attached hydrogen (secondary N) is 2. The van der Waals surface area contributed by atoms with Crippen molar-refractivity contribution in [3.63, 3.8) is 0 Å².